The van der Waals surface area contributed by atoms with Gasteiger partial charge < -0.3 is 5.73 Å². The molecule has 2 atom stereocenters. The molecule has 0 aliphatic carbocycles. The Morgan fingerprint density at radius 1 is 1.23 bits per heavy atom. The zero-order chi connectivity index (χ0) is 9.84. The molecule has 2 nitrogen and oxygen atoms in total. The third-order valence-corrected chi connectivity index (χ3v) is 2.18. The zero-order valence-electron chi connectivity index (χ0n) is 8.03. The van der Waals surface area contributed by atoms with Crippen LogP contribution in [0.25, 0.3) is 0 Å². The smallest absolute Gasteiger partial charge is 0.156 e. The summed E-state index contributed by atoms with van der Waals surface area (Å²) in [6.45, 7) is 3.61. The van der Waals surface area contributed by atoms with Crippen molar-refractivity contribution in [1.82, 2.24) is 0 Å². The summed E-state index contributed by atoms with van der Waals surface area (Å²) in [7, 11) is 0. The first-order chi connectivity index (χ1) is 6.13. The number of carbonyl (C=O) groups excluding carboxylic acids is 1. The van der Waals surface area contributed by atoms with Gasteiger partial charge in [-0.1, -0.05) is 37.3 Å². The molecule has 2 N–H and O–H groups in total. The molecular weight excluding hydrogens is 162 g/mol. The lowest BCUT2D eigenvalue weighted by atomic mass is 9.93. The van der Waals surface area contributed by atoms with Crippen LogP contribution in [-0.4, -0.2) is 11.8 Å². The van der Waals surface area contributed by atoms with Crippen LogP contribution in [0.15, 0.2) is 30.3 Å². The zero-order valence-corrected chi connectivity index (χ0v) is 8.03. The highest BCUT2D eigenvalue weighted by molar-refractivity contribution is 5.89. The van der Waals surface area contributed by atoms with Gasteiger partial charge in [-0.3, -0.25) is 4.79 Å². The summed E-state index contributed by atoms with van der Waals surface area (Å²) >= 11 is 0. The quantitative estimate of drug-likeness (QED) is 0.763. The number of hydrogen-bond donors (Lipinski definition) is 1. The highest BCUT2D eigenvalue weighted by Crippen LogP contribution is 2.16. The maximum absolute atomic E-state index is 11.5. The minimum atomic E-state index is -0.379. The van der Waals surface area contributed by atoms with Crippen molar-refractivity contribution in [3.8, 4) is 0 Å². The van der Waals surface area contributed by atoms with E-state index in [1.165, 1.54) is 0 Å². The highest BCUT2D eigenvalue weighted by Gasteiger charge is 2.17. The molecule has 0 amide bonds. The van der Waals surface area contributed by atoms with Gasteiger partial charge in [0, 0.05) is 5.92 Å². The summed E-state index contributed by atoms with van der Waals surface area (Å²) < 4.78 is 0. The fourth-order valence-corrected chi connectivity index (χ4v) is 1.30. The number of carbonyl (C=O) groups is 1. The van der Waals surface area contributed by atoms with Crippen LogP contribution < -0.4 is 5.73 Å². The maximum atomic E-state index is 11.5. The van der Waals surface area contributed by atoms with Crippen molar-refractivity contribution in [1.29, 1.82) is 0 Å². The second-order valence-corrected chi connectivity index (χ2v) is 3.32. The van der Waals surface area contributed by atoms with E-state index in [1.54, 1.807) is 6.92 Å². The first-order valence-electron chi connectivity index (χ1n) is 4.47. The van der Waals surface area contributed by atoms with Crippen LogP contribution in [0.3, 0.4) is 0 Å². The lowest BCUT2D eigenvalue weighted by Crippen LogP contribution is -2.30. The normalized spacial score (nSPS) is 15.0. The van der Waals surface area contributed by atoms with Gasteiger partial charge in [0.25, 0.3) is 0 Å². The van der Waals surface area contributed by atoms with E-state index in [0.29, 0.717) is 0 Å². The standard InChI is InChI=1S/C11H15NO/c1-8(11(13)9(2)12)10-6-4-3-5-7-10/h3-9H,12H2,1-2H3/t8-,9+/m1/s1. The molecule has 0 heterocycles. The van der Waals surface area contributed by atoms with Crippen molar-refractivity contribution >= 4 is 5.78 Å². The van der Waals surface area contributed by atoms with E-state index in [4.69, 9.17) is 5.73 Å². The molecule has 0 saturated heterocycles. The Kier molecular flexibility index (Phi) is 3.20. The third-order valence-electron chi connectivity index (χ3n) is 2.18. The summed E-state index contributed by atoms with van der Waals surface area (Å²) in [4.78, 5) is 11.5. The van der Waals surface area contributed by atoms with Gasteiger partial charge in [0.05, 0.1) is 6.04 Å². The van der Waals surface area contributed by atoms with Crippen LogP contribution >= 0.6 is 0 Å². The minimum Gasteiger partial charge on any atom is -0.322 e. The molecule has 0 spiro atoms. The van der Waals surface area contributed by atoms with Gasteiger partial charge in [-0.15, -0.1) is 0 Å². The first-order valence-corrected chi connectivity index (χ1v) is 4.47. The molecule has 0 aromatic heterocycles. The molecule has 2 heteroatoms. The van der Waals surface area contributed by atoms with Crippen LogP contribution in [0.2, 0.25) is 0 Å². The van der Waals surface area contributed by atoms with Gasteiger partial charge in [0.15, 0.2) is 5.78 Å². The number of hydrogen-bond acceptors (Lipinski definition) is 2. The fourth-order valence-electron chi connectivity index (χ4n) is 1.30. The monoisotopic (exact) mass is 177 g/mol. The number of benzene rings is 1. The van der Waals surface area contributed by atoms with Crippen molar-refractivity contribution in [3.63, 3.8) is 0 Å². The summed E-state index contributed by atoms with van der Waals surface area (Å²) in [5.74, 6) is -0.00704. The summed E-state index contributed by atoms with van der Waals surface area (Å²) in [5.41, 5.74) is 6.56. The van der Waals surface area contributed by atoms with Crippen LogP contribution in [0.1, 0.15) is 25.3 Å². The van der Waals surface area contributed by atoms with Crippen molar-refractivity contribution < 1.29 is 4.79 Å². The Morgan fingerprint density at radius 2 is 1.77 bits per heavy atom. The summed E-state index contributed by atoms with van der Waals surface area (Å²) in [6, 6.07) is 9.32. The molecule has 0 aliphatic rings. The lowest BCUT2D eigenvalue weighted by molar-refractivity contribution is -0.121. The van der Waals surface area contributed by atoms with E-state index in [0.717, 1.165) is 5.56 Å². The topological polar surface area (TPSA) is 43.1 Å². The Hall–Kier alpha value is -1.15. The van der Waals surface area contributed by atoms with Crippen LogP contribution in [0.4, 0.5) is 0 Å². The molecular formula is C11H15NO. The predicted octanol–water partition coefficient (Wildman–Crippen LogP) is 1.71. The molecule has 0 bridgehead atoms. The molecule has 1 aromatic carbocycles. The number of Topliss-reactive ketones (excluding diaryl/α,β-unsaturated/α-hetero) is 1. The second kappa shape index (κ2) is 4.19. The SMILES string of the molecule is C[C@H](N)C(=O)[C@H](C)c1ccccc1. The molecule has 1 aromatic rings. The van der Waals surface area contributed by atoms with Crippen molar-refractivity contribution in [2.24, 2.45) is 5.73 Å². The largest absolute Gasteiger partial charge is 0.322 e. The second-order valence-electron chi connectivity index (χ2n) is 3.32. The maximum Gasteiger partial charge on any atom is 0.156 e. The van der Waals surface area contributed by atoms with E-state index in [2.05, 4.69) is 0 Å². The Balaban J connectivity index is 2.80. The van der Waals surface area contributed by atoms with Gasteiger partial charge in [0.1, 0.15) is 0 Å². The highest BCUT2D eigenvalue weighted by atomic mass is 16.1. The van der Waals surface area contributed by atoms with Gasteiger partial charge >= 0.3 is 0 Å². The number of ketones is 1. The number of nitrogens with two attached hydrogens (primary N) is 1. The molecule has 0 saturated carbocycles. The molecule has 0 fully saturated rings. The Morgan fingerprint density at radius 3 is 2.23 bits per heavy atom. The van der Waals surface area contributed by atoms with E-state index in [9.17, 15) is 4.79 Å². The lowest BCUT2D eigenvalue weighted by Gasteiger charge is -2.12. The van der Waals surface area contributed by atoms with Crippen molar-refractivity contribution in [3.05, 3.63) is 35.9 Å². The Bertz CT molecular complexity index is 279. The van der Waals surface area contributed by atoms with Gasteiger partial charge in [0.2, 0.25) is 0 Å². The van der Waals surface area contributed by atoms with E-state index < -0.39 is 0 Å². The van der Waals surface area contributed by atoms with Crippen LogP contribution in [0, 0.1) is 0 Å². The Labute approximate surface area is 78.8 Å². The van der Waals surface area contributed by atoms with Crippen LogP contribution in [0.5, 0.6) is 0 Å². The molecule has 1 rings (SSSR count). The minimum absolute atomic E-state index is 0.0891. The summed E-state index contributed by atoms with van der Waals surface area (Å²) in [5, 5.41) is 0. The average molecular weight is 177 g/mol. The molecule has 70 valence electrons. The first kappa shape index (κ1) is 9.93. The predicted molar refractivity (Wildman–Crippen MR) is 53.5 cm³/mol. The van der Waals surface area contributed by atoms with Crippen molar-refractivity contribution in [2.45, 2.75) is 25.8 Å². The van der Waals surface area contributed by atoms with Gasteiger partial charge in [-0.05, 0) is 12.5 Å². The van der Waals surface area contributed by atoms with E-state index in [1.807, 2.05) is 37.3 Å². The molecule has 0 aliphatic heterocycles. The summed E-state index contributed by atoms with van der Waals surface area (Å²) in [6.07, 6.45) is 0. The third kappa shape index (κ3) is 2.39. The van der Waals surface area contributed by atoms with Crippen LogP contribution in [-0.2, 0) is 4.79 Å². The molecule has 13 heavy (non-hydrogen) atoms. The van der Waals surface area contributed by atoms with Gasteiger partial charge in [-0.2, -0.15) is 0 Å². The van der Waals surface area contributed by atoms with E-state index >= 15 is 0 Å². The number of rotatable bonds is 3. The molecule has 0 unspecified atom stereocenters. The average Bonchev–Trinajstić information content (AvgIpc) is 2.17. The fraction of sp³-hybridized carbons (Fsp3) is 0.364. The van der Waals surface area contributed by atoms with E-state index in [-0.39, 0.29) is 17.7 Å². The van der Waals surface area contributed by atoms with Gasteiger partial charge in [-0.25, -0.2) is 0 Å². The van der Waals surface area contributed by atoms with Crippen molar-refractivity contribution in [2.75, 3.05) is 0 Å². The molecule has 0 radical (unpaired) electrons.